The summed E-state index contributed by atoms with van der Waals surface area (Å²) in [6, 6.07) is 0. The predicted octanol–water partition coefficient (Wildman–Crippen LogP) is -1.92. The first-order chi connectivity index (χ1) is 28.9. The first kappa shape index (κ1) is 45.8. The van der Waals surface area contributed by atoms with Crippen molar-refractivity contribution in [2.75, 3.05) is 26.9 Å². The van der Waals surface area contributed by atoms with Crippen molar-refractivity contribution in [3.05, 3.63) is 11.6 Å². The van der Waals surface area contributed by atoms with Crippen LogP contribution < -0.4 is 0 Å². The molecular formula is C42H64O19. The number of rotatable bonds is 11. The normalized spacial score (nSPS) is 53.6. The summed E-state index contributed by atoms with van der Waals surface area (Å²) in [4.78, 5) is 25.3. The minimum Gasteiger partial charge on any atom is -0.458 e. The van der Waals surface area contributed by atoms with Crippen molar-refractivity contribution >= 4 is 12.3 Å². The Balaban J connectivity index is 0.886. The van der Waals surface area contributed by atoms with Crippen LogP contribution in [0.25, 0.3) is 0 Å². The topological polar surface area (TPSA) is 290 Å². The maximum Gasteiger partial charge on any atom is 0.331 e. The van der Waals surface area contributed by atoms with Crippen LogP contribution in [0.15, 0.2) is 11.6 Å². The minimum absolute atomic E-state index is 0.00485. The molecule has 2 unspecified atom stereocenters. The highest BCUT2D eigenvalue weighted by Gasteiger charge is 2.71. The number of aldehydes is 1. The summed E-state index contributed by atoms with van der Waals surface area (Å²) in [5.74, 6) is -0.767. The molecule has 0 spiro atoms. The summed E-state index contributed by atoms with van der Waals surface area (Å²) in [5.41, 5.74) is -3.06. The number of fused-ring (bicyclic) bond motifs is 5. The molecule has 3 saturated heterocycles. The molecule has 346 valence electrons. The number of aliphatic hydroxyl groups excluding tert-OH is 7. The number of carbonyl (C=O) groups is 2. The molecule has 0 aromatic rings. The quantitative estimate of drug-likeness (QED) is 0.0622. The second-order valence-electron chi connectivity index (χ2n) is 19.2. The number of hydrogen-bond donors (Lipinski definition) is 9. The average molecular weight is 873 g/mol. The van der Waals surface area contributed by atoms with E-state index >= 15 is 0 Å². The molecule has 4 saturated carbocycles. The first-order valence-electron chi connectivity index (χ1n) is 21.8. The van der Waals surface area contributed by atoms with Crippen molar-refractivity contribution in [3.8, 4) is 0 Å². The van der Waals surface area contributed by atoms with E-state index in [0.29, 0.717) is 44.9 Å². The van der Waals surface area contributed by atoms with Gasteiger partial charge in [0, 0.05) is 31.4 Å². The second kappa shape index (κ2) is 17.2. The van der Waals surface area contributed by atoms with Gasteiger partial charge < -0.3 is 88.6 Å². The SMILES string of the molecule is CO[C@@H]1C[C@@H](O[C@H]2CC[C@]3(C=O)C4CC[C@]5(C)[C@@H](C6=CC(=O)OC6)CC[C@@]5(O)C4CC[C@@]3(O)C2)O[C@H](C)[C@H]1O[C@H]1O[C@@H](CO[C@H]2O[C@@H](CO)[C@H](O)[C@H](O)[C@@H]2O)[C@H](O)[C@H](O)[C@@H]1O. The van der Waals surface area contributed by atoms with Crippen molar-refractivity contribution in [2.24, 2.45) is 28.6 Å². The first-order valence-corrected chi connectivity index (χ1v) is 21.8. The van der Waals surface area contributed by atoms with Gasteiger partial charge in [-0.25, -0.2) is 4.79 Å². The number of ether oxygens (including phenoxy) is 8. The molecule has 7 fully saturated rings. The molecular weight excluding hydrogens is 808 g/mol. The lowest BCUT2D eigenvalue weighted by atomic mass is 9.41. The number of aliphatic hydroxyl groups is 9. The molecule has 4 heterocycles. The van der Waals surface area contributed by atoms with Crippen LogP contribution in [-0.2, 0) is 47.5 Å². The largest absolute Gasteiger partial charge is 0.458 e. The summed E-state index contributed by atoms with van der Waals surface area (Å²) < 4.78 is 46.7. The van der Waals surface area contributed by atoms with Crippen LogP contribution in [0, 0.1) is 28.6 Å². The van der Waals surface area contributed by atoms with E-state index in [1.165, 1.54) is 7.11 Å². The summed E-state index contributed by atoms with van der Waals surface area (Å²) >= 11 is 0. The fourth-order valence-electron chi connectivity index (χ4n) is 12.9. The van der Waals surface area contributed by atoms with Crippen molar-refractivity contribution in [2.45, 2.75) is 181 Å². The second-order valence-corrected chi connectivity index (χ2v) is 19.2. The van der Waals surface area contributed by atoms with Crippen molar-refractivity contribution in [1.82, 2.24) is 0 Å². The monoisotopic (exact) mass is 872 g/mol. The maximum atomic E-state index is 13.3. The van der Waals surface area contributed by atoms with E-state index in [1.807, 2.05) is 0 Å². The van der Waals surface area contributed by atoms with Gasteiger partial charge in [-0.05, 0) is 81.6 Å². The molecule has 19 nitrogen and oxygen atoms in total. The Kier molecular flexibility index (Phi) is 12.9. The lowest BCUT2D eigenvalue weighted by Crippen LogP contribution is -2.69. The Hall–Kier alpha value is -1.76. The van der Waals surface area contributed by atoms with Gasteiger partial charge in [-0.2, -0.15) is 0 Å². The fourth-order valence-corrected chi connectivity index (χ4v) is 12.9. The van der Waals surface area contributed by atoms with Crippen molar-refractivity contribution < 1.29 is 93.4 Å². The molecule has 4 aliphatic carbocycles. The van der Waals surface area contributed by atoms with Crippen molar-refractivity contribution in [1.29, 1.82) is 0 Å². The summed E-state index contributed by atoms with van der Waals surface area (Å²) in [6.45, 7) is 2.86. The Morgan fingerprint density at radius 3 is 2.18 bits per heavy atom. The summed E-state index contributed by atoms with van der Waals surface area (Å²) in [5, 5.41) is 97.4. The number of esters is 1. The Labute approximate surface area is 353 Å². The Morgan fingerprint density at radius 1 is 0.820 bits per heavy atom. The van der Waals surface area contributed by atoms with Gasteiger partial charge in [0.05, 0.1) is 48.1 Å². The molecule has 8 rings (SSSR count). The van der Waals surface area contributed by atoms with Gasteiger partial charge in [-0.15, -0.1) is 0 Å². The van der Waals surface area contributed by atoms with Gasteiger partial charge in [-0.1, -0.05) is 6.92 Å². The van der Waals surface area contributed by atoms with Gasteiger partial charge in [0.15, 0.2) is 18.9 Å². The molecule has 9 N–H and O–H groups in total. The van der Waals surface area contributed by atoms with Crippen LogP contribution in [0.4, 0.5) is 0 Å². The van der Waals surface area contributed by atoms with E-state index in [9.17, 15) is 55.5 Å². The average Bonchev–Trinajstić information content (AvgIpc) is 3.79. The third-order valence-corrected chi connectivity index (χ3v) is 16.3. The van der Waals surface area contributed by atoms with Gasteiger partial charge >= 0.3 is 5.97 Å². The van der Waals surface area contributed by atoms with Crippen LogP contribution in [0.1, 0.15) is 78.1 Å². The van der Waals surface area contributed by atoms with E-state index < -0.39 is 127 Å². The number of carbonyl (C=O) groups excluding carboxylic acids is 2. The van der Waals surface area contributed by atoms with Gasteiger partial charge in [0.25, 0.3) is 0 Å². The smallest absolute Gasteiger partial charge is 0.331 e. The summed E-state index contributed by atoms with van der Waals surface area (Å²) in [7, 11) is 1.47. The zero-order chi connectivity index (χ0) is 43.8. The van der Waals surface area contributed by atoms with Crippen LogP contribution in [0.3, 0.4) is 0 Å². The van der Waals surface area contributed by atoms with E-state index in [-0.39, 0.29) is 43.2 Å². The highest BCUT2D eigenvalue weighted by molar-refractivity contribution is 5.85. The number of methoxy groups -OCH3 is 1. The third kappa shape index (κ3) is 7.55. The molecule has 61 heavy (non-hydrogen) atoms. The predicted molar refractivity (Wildman–Crippen MR) is 203 cm³/mol. The fraction of sp³-hybridized carbons (Fsp3) is 0.905. The minimum atomic E-state index is -1.75. The van der Waals surface area contributed by atoms with Gasteiger partial charge in [-0.3, -0.25) is 0 Å². The molecule has 0 amide bonds. The van der Waals surface area contributed by atoms with E-state index in [4.69, 9.17) is 37.9 Å². The highest BCUT2D eigenvalue weighted by atomic mass is 16.8. The molecule has 19 heteroatoms. The maximum absolute atomic E-state index is 13.3. The molecule has 0 aromatic carbocycles. The molecule has 22 atom stereocenters. The Bertz CT molecular complexity index is 1630. The summed E-state index contributed by atoms with van der Waals surface area (Å²) in [6.07, 6.45) is -12.2. The zero-order valence-corrected chi connectivity index (χ0v) is 34.8. The molecule has 8 aliphatic rings. The molecule has 4 aliphatic heterocycles. The molecule has 0 bridgehead atoms. The Morgan fingerprint density at radius 2 is 1.51 bits per heavy atom. The number of hydrogen-bond acceptors (Lipinski definition) is 19. The van der Waals surface area contributed by atoms with Crippen LogP contribution in [-0.4, -0.2) is 188 Å². The van der Waals surface area contributed by atoms with Gasteiger partial charge in [0.1, 0.15) is 67.8 Å². The standard InChI is InChI=1S/C42H64O19/c1-19-36(61-38-35(51)33(49)31(47)27(60-38)17-56-37-34(50)32(48)30(46)26(15-43)59-37)25(54-3)13-29(57-19)58-21-4-9-40(18-44)23-5-8-39(2)22(20-12-28(45)55-16-20)7-11-42(39,53)24(23)6-10-41(40,52)14-21/h12,18-19,21-27,29-38,43,46-53H,4-11,13-17H2,1-3H3/t19-,21+,22-,23?,24?,25-,26+,27+,29-,30+,31+,32+,33+,34+,35+,36-,37+,38-,39-,40+,41-,42-/m1/s1. The zero-order valence-electron chi connectivity index (χ0n) is 34.8. The van der Waals surface area contributed by atoms with E-state index in [2.05, 4.69) is 6.92 Å². The van der Waals surface area contributed by atoms with Crippen LogP contribution in [0.5, 0.6) is 0 Å². The third-order valence-electron chi connectivity index (χ3n) is 16.3. The van der Waals surface area contributed by atoms with Crippen LogP contribution in [0.2, 0.25) is 0 Å². The molecule has 0 radical (unpaired) electrons. The highest BCUT2D eigenvalue weighted by Crippen LogP contribution is 2.70. The molecule has 0 aromatic heterocycles. The van der Waals surface area contributed by atoms with E-state index in [0.717, 1.165) is 18.3 Å². The lowest BCUT2D eigenvalue weighted by Gasteiger charge is -2.65. The lowest BCUT2D eigenvalue weighted by molar-refractivity contribution is -0.355. The van der Waals surface area contributed by atoms with Crippen molar-refractivity contribution in [3.63, 3.8) is 0 Å². The van der Waals surface area contributed by atoms with Gasteiger partial charge in [0.2, 0.25) is 0 Å². The van der Waals surface area contributed by atoms with E-state index in [1.54, 1.807) is 13.0 Å². The van der Waals surface area contributed by atoms with Crippen LogP contribution >= 0.6 is 0 Å². The number of cyclic esters (lactones) is 1.